The standard InChI is InChI=1S/C19H40N2/c1-15(2)12-19(14-20,13-16(3)4)21-10-7-8-18(9-11-21)17(5)6/h15-18H,7-14,20H2,1-6H3. The average Bonchev–Trinajstić information content (AvgIpc) is 2.62. The Bertz CT molecular complexity index is 273. The van der Waals surface area contributed by atoms with E-state index in [9.17, 15) is 0 Å². The topological polar surface area (TPSA) is 29.3 Å². The highest BCUT2D eigenvalue weighted by Gasteiger charge is 2.37. The van der Waals surface area contributed by atoms with Crippen LogP contribution in [-0.2, 0) is 0 Å². The molecule has 1 aliphatic heterocycles. The molecule has 0 saturated carbocycles. The van der Waals surface area contributed by atoms with Gasteiger partial charge in [-0.15, -0.1) is 0 Å². The molecule has 1 fully saturated rings. The van der Waals surface area contributed by atoms with Crippen molar-refractivity contribution in [2.75, 3.05) is 19.6 Å². The third-order valence-electron chi connectivity index (χ3n) is 5.34. The second-order valence-electron chi connectivity index (χ2n) is 8.55. The Morgan fingerprint density at radius 1 is 0.952 bits per heavy atom. The first kappa shape index (κ1) is 19.0. The van der Waals surface area contributed by atoms with E-state index in [1.807, 2.05) is 0 Å². The van der Waals surface area contributed by atoms with Crippen molar-refractivity contribution in [2.45, 2.75) is 79.2 Å². The zero-order valence-corrected chi connectivity index (χ0v) is 15.5. The molecule has 0 spiro atoms. The Hall–Kier alpha value is -0.0800. The molecule has 2 N–H and O–H groups in total. The zero-order valence-electron chi connectivity index (χ0n) is 15.5. The van der Waals surface area contributed by atoms with Crippen LogP contribution in [-0.4, -0.2) is 30.1 Å². The van der Waals surface area contributed by atoms with E-state index >= 15 is 0 Å². The number of hydrogen-bond acceptors (Lipinski definition) is 2. The fourth-order valence-electron chi connectivity index (χ4n) is 4.42. The summed E-state index contributed by atoms with van der Waals surface area (Å²) in [4.78, 5) is 2.77. The second kappa shape index (κ2) is 8.53. The van der Waals surface area contributed by atoms with Gasteiger partial charge in [-0.2, -0.15) is 0 Å². The fraction of sp³-hybridized carbons (Fsp3) is 1.00. The van der Waals surface area contributed by atoms with Gasteiger partial charge in [0.1, 0.15) is 0 Å². The molecular weight excluding hydrogens is 256 g/mol. The molecule has 1 heterocycles. The van der Waals surface area contributed by atoms with Crippen LogP contribution in [0.1, 0.15) is 73.6 Å². The van der Waals surface area contributed by atoms with Gasteiger partial charge in [-0.3, -0.25) is 4.90 Å². The summed E-state index contributed by atoms with van der Waals surface area (Å²) in [7, 11) is 0. The minimum atomic E-state index is 0.230. The fourth-order valence-corrected chi connectivity index (χ4v) is 4.42. The van der Waals surface area contributed by atoms with Gasteiger partial charge in [-0.1, -0.05) is 41.5 Å². The molecule has 0 aromatic rings. The summed E-state index contributed by atoms with van der Waals surface area (Å²) in [6, 6.07) is 0. The number of nitrogens with zero attached hydrogens (tertiary/aromatic N) is 1. The summed E-state index contributed by atoms with van der Waals surface area (Å²) in [5.41, 5.74) is 6.57. The van der Waals surface area contributed by atoms with Crippen molar-refractivity contribution in [1.29, 1.82) is 0 Å². The van der Waals surface area contributed by atoms with E-state index in [1.165, 1.54) is 45.2 Å². The third-order valence-corrected chi connectivity index (χ3v) is 5.34. The van der Waals surface area contributed by atoms with Gasteiger partial charge < -0.3 is 5.73 Å². The highest BCUT2D eigenvalue weighted by molar-refractivity contribution is 4.94. The van der Waals surface area contributed by atoms with Crippen LogP contribution >= 0.6 is 0 Å². The molecule has 1 aliphatic rings. The van der Waals surface area contributed by atoms with Gasteiger partial charge in [-0.05, 0) is 68.9 Å². The van der Waals surface area contributed by atoms with Gasteiger partial charge >= 0.3 is 0 Å². The smallest absolute Gasteiger partial charge is 0.0336 e. The minimum Gasteiger partial charge on any atom is -0.329 e. The van der Waals surface area contributed by atoms with Gasteiger partial charge in [0.25, 0.3) is 0 Å². The van der Waals surface area contributed by atoms with Crippen LogP contribution in [0, 0.1) is 23.7 Å². The van der Waals surface area contributed by atoms with Crippen molar-refractivity contribution < 1.29 is 0 Å². The van der Waals surface area contributed by atoms with Crippen molar-refractivity contribution in [3.63, 3.8) is 0 Å². The molecule has 0 aliphatic carbocycles. The molecule has 0 aromatic heterocycles. The predicted octanol–water partition coefficient (Wildman–Crippen LogP) is 4.53. The van der Waals surface area contributed by atoms with Gasteiger partial charge in [-0.25, -0.2) is 0 Å². The number of likely N-dealkylation sites (tertiary alicyclic amines) is 1. The molecular formula is C19H40N2. The van der Waals surface area contributed by atoms with Crippen LogP contribution in [0.15, 0.2) is 0 Å². The van der Waals surface area contributed by atoms with E-state index in [0.717, 1.165) is 30.2 Å². The van der Waals surface area contributed by atoms with E-state index < -0.39 is 0 Å². The van der Waals surface area contributed by atoms with Crippen molar-refractivity contribution >= 4 is 0 Å². The van der Waals surface area contributed by atoms with Crippen LogP contribution < -0.4 is 5.73 Å². The Morgan fingerprint density at radius 2 is 1.52 bits per heavy atom. The molecule has 1 rings (SSSR count). The number of nitrogens with two attached hydrogens (primary N) is 1. The van der Waals surface area contributed by atoms with Crippen molar-refractivity contribution in [3.8, 4) is 0 Å². The Labute approximate surface area is 133 Å². The zero-order chi connectivity index (χ0) is 16.0. The normalized spacial score (nSPS) is 22.3. The molecule has 1 unspecified atom stereocenters. The Balaban J connectivity index is 2.86. The molecule has 0 bridgehead atoms. The van der Waals surface area contributed by atoms with Crippen LogP contribution in [0.5, 0.6) is 0 Å². The Morgan fingerprint density at radius 3 is 1.95 bits per heavy atom. The molecule has 2 nitrogen and oxygen atoms in total. The van der Waals surface area contributed by atoms with Gasteiger partial charge in [0.15, 0.2) is 0 Å². The Kier molecular flexibility index (Phi) is 7.70. The maximum absolute atomic E-state index is 6.34. The second-order valence-corrected chi connectivity index (χ2v) is 8.55. The van der Waals surface area contributed by atoms with Gasteiger partial charge in [0.2, 0.25) is 0 Å². The first-order valence-corrected chi connectivity index (χ1v) is 9.26. The average molecular weight is 297 g/mol. The van der Waals surface area contributed by atoms with E-state index in [4.69, 9.17) is 5.73 Å². The lowest BCUT2D eigenvalue weighted by molar-refractivity contribution is 0.0547. The summed E-state index contributed by atoms with van der Waals surface area (Å²) < 4.78 is 0. The summed E-state index contributed by atoms with van der Waals surface area (Å²) in [5, 5.41) is 0. The molecule has 1 saturated heterocycles. The van der Waals surface area contributed by atoms with Crippen LogP contribution in [0.2, 0.25) is 0 Å². The maximum atomic E-state index is 6.34. The van der Waals surface area contributed by atoms with Crippen LogP contribution in [0.3, 0.4) is 0 Å². The SMILES string of the molecule is CC(C)CC(CN)(CC(C)C)N1CCCC(C(C)C)CC1. The van der Waals surface area contributed by atoms with E-state index in [2.05, 4.69) is 46.4 Å². The molecule has 21 heavy (non-hydrogen) atoms. The first-order chi connectivity index (χ1) is 9.80. The van der Waals surface area contributed by atoms with Crippen molar-refractivity contribution in [2.24, 2.45) is 29.4 Å². The highest BCUT2D eigenvalue weighted by atomic mass is 15.2. The molecule has 1 atom stereocenters. The minimum absolute atomic E-state index is 0.230. The molecule has 2 heteroatoms. The molecule has 0 aromatic carbocycles. The number of hydrogen-bond donors (Lipinski definition) is 1. The summed E-state index contributed by atoms with van der Waals surface area (Å²) in [6.45, 7) is 17.5. The number of rotatable bonds is 7. The summed E-state index contributed by atoms with van der Waals surface area (Å²) in [5.74, 6) is 3.17. The highest BCUT2D eigenvalue weighted by Crippen LogP contribution is 2.34. The third kappa shape index (κ3) is 5.56. The quantitative estimate of drug-likeness (QED) is 0.747. The van der Waals surface area contributed by atoms with E-state index in [0.29, 0.717) is 0 Å². The maximum Gasteiger partial charge on any atom is 0.0336 e. The van der Waals surface area contributed by atoms with Crippen molar-refractivity contribution in [3.05, 3.63) is 0 Å². The lowest BCUT2D eigenvalue weighted by Crippen LogP contribution is -2.55. The first-order valence-electron chi connectivity index (χ1n) is 9.26. The summed E-state index contributed by atoms with van der Waals surface area (Å²) in [6.07, 6.45) is 6.59. The predicted molar refractivity (Wildman–Crippen MR) is 94.4 cm³/mol. The van der Waals surface area contributed by atoms with E-state index in [-0.39, 0.29) is 5.54 Å². The molecule has 0 amide bonds. The van der Waals surface area contributed by atoms with Gasteiger partial charge in [0.05, 0.1) is 0 Å². The van der Waals surface area contributed by atoms with Crippen molar-refractivity contribution in [1.82, 2.24) is 4.90 Å². The van der Waals surface area contributed by atoms with Gasteiger partial charge in [0, 0.05) is 12.1 Å². The lowest BCUT2D eigenvalue weighted by Gasteiger charge is -2.45. The summed E-state index contributed by atoms with van der Waals surface area (Å²) >= 11 is 0. The van der Waals surface area contributed by atoms with E-state index in [1.54, 1.807) is 0 Å². The monoisotopic (exact) mass is 296 g/mol. The largest absolute Gasteiger partial charge is 0.329 e. The molecule has 126 valence electrons. The van der Waals surface area contributed by atoms with Crippen LogP contribution in [0.25, 0.3) is 0 Å². The van der Waals surface area contributed by atoms with Crippen LogP contribution in [0.4, 0.5) is 0 Å². The lowest BCUT2D eigenvalue weighted by atomic mass is 9.80. The molecule has 0 radical (unpaired) electrons.